The molecule has 0 radical (unpaired) electrons. The van der Waals surface area contributed by atoms with Gasteiger partial charge in [-0.05, 0) is 13.3 Å². The Balaban J connectivity index is -0.0000000750. The van der Waals surface area contributed by atoms with Crippen molar-refractivity contribution in [1.29, 1.82) is 0 Å². The first-order valence-electron chi connectivity index (χ1n) is 3.92. The second-order valence-electron chi connectivity index (χ2n) is 1.81. The number of hydrogen-bond donors (Lipinski definition) is 0. The van der Waals surface area contributed by atoms with Crippen LogP contribution >= 0.6 is 0 Å². The van der Waals surface area contributed by atoms with E-state index in [2.05, 4.69) is 33.9 Å². The Hall–Kier alpha value is -0.520. The molecule has 0 aliphatic heterocycles. The predicted octanol–water partition coefficient (Wildman–Crippen LogP) is 4.19. The second-order valence-corrected chi connectivity index (χ2v) is 1.81. The standard InChI is InChI=1S/C4H8.C3H8.C3H6/c1-3-4-2;2*1-3-2/h3H,1,4H2,2H3;3H2,1-2H3;3H,1H2,2H3. The molecule has 10 heavy (non-hydrogen) atoms. The predicted molar refractivity (Wildman–Crippen MR) is 52.3 cm³/mol. The summed E-state index contributed by atoms with van der Waals surface area (Å²) in [5.74, 6) is 0. The third-order valence-electron chi connectivity index (χ3n) is 0.289. The molecule has 0 aliphatic rings. The fourth-order valence-electron chi connectivity index (χ4n) is 0. The highest BCUT2D eigenvalue weighted by Crippen LogP contribution is 1.66. The van der Waals surface area contributed by atoms with Crippen molar-refractivity contribution < 1.29 is 0 Å². The maximum Gasteiger partial charge on any atom is -0.0382 e. The van der Waals surface area contributed by atoms with E-state index in [9.17, 15) is 0 Å². The van der Waals surface area contributed by atoms with Crippen molar-refractivity contribution in [3.05, 3.63) is 25.3 Å². The van der Waals surface area contributed by atoms with Crippen LogP contribution in [-0.4, -0.2) is 0 Å². The van der Waals surface area contributed by atoms with Crippen LogP contribution in [0.5, 0.6) is 0 Å². The molecule has 0 heteroatoms. The summed E-state index contributed by atoms with van der Waals surface area (Å²) in [5, 5.41) is 0. The highest BCUT2D eigenvalue weighted by molar-refractivity contribution is 4.60. The first-order valence-corrected chi connectivity index (χ1v) is 3.92. The van der Waals surface area contributed by atoms with Crippen LogP contribution in [0.25, 0.3) is 0 Å². The van der Waals surface area contributed by atoms with E-state index in [1.807, 2.05) is 13.0 Å². The Morgan fingerprint density at radius 2 is 1.20 bits per heavy atom. The molecular weight excluding hydrogens is 120 g/mol. The third kappa shape index (κ3) is 1360. The van der Waals surface area contributed by atoms with Gasteiger partial charge in [0, 0.05) is 0 Å². The quantitative estimate of drug-likeness (QED) is 0.481. The van der Waals surface area contributed by atoms with Crippen LogP contribution in [0, 0.1) is 0 Å². The van der Waals surface area contributed by atoms with Crippen LogP contribution in [0.15, 0.2) is 25.3 Å². The van der Waals surface area contributed by atoms with Gasteiger partial charge in [-0.1, -0.05) is 39.3 Å². The van der Waals surface area contributed by atoms with Crippen molar-refractivity contribution in [2.75, 3.05) is 0 Å². The summed E-state index contributed by atoms with van der Waals surface area (Å²) in [6.07, 6.45) is 5.96. The van der Waals surface area contributed by atoms with Gasteiger partial charge in [-0.15, -0.1) is 13.2 Å². The zero-order valence-corrected chi connectivity index (χ0v) is 7.98. The summed E-state index contributed by atoms with van der Waals surface area (Å²) in [4.78, 5) is 0. The van der Waals surface area contributed by atoms with Crippen LogP contribution in [-0.2, 0) is 0 Å². The largest absolute Gasteiger partial charge is 0.103 e. The van der Waals surface area contributed by atoms with Crippen LogP contribution in [0.4, 0.5) is 0 Å². The van der Waals surface area contributed by atoms with E-state index < -0.39 is 0 Å². The summed E-state index contributed by atoms with van der Waals surface area (Å²) in [5.41, 5.74) is 0. The normalized spacial score (nSPS) is 5.60. The van der Waals surface area contributed by atoms with Crippen LogP contribution in [0.2, 0.25) is 0 Å². The van der Waals surface area contributed by atoms with Gasteiger partial charge < -0.3 is 0 Å². The van der Waals surface area contributed by atoms with E-state index in [0.717, 1.165) is 6.42 Å². The van der Waals surface area contributed by atoms with Gasteiger partial charge in [0.25, 0.3) is 0 Å². The summed E-state index contributed by atoms with van der Waals surface area (Å²) >= 11 is 0. The Labute approximate surface area is 66.7 Å². The molecule has 62 valence electrons. The lowest BCUT2D eigenvalue weighted by Gasteiger charge is -1.57. The lowest BCUT2D eigenvalue weighted by molar-refractivity contribution is 1.09. The van der Waals surface area contributed by atoms with Gasteiger partial charge in [-0.2, -0.15) is 0 Å². The average molecular weight is 142 g/mol. The van der Waals surface area contributed by atoms with Gasteiger partial charge in [-0.25, -0.2) is 0 Å². The van der Waals surface area contributed by atoms with E-state index in [4.69, 9.17) is 0 Å². The molecule has 0 aromatic heterocycles. The van der Waals surface area contributed by atoms with Crippen LogP contribution < -0.4 is 0 Å². The van der Waals surface area contributed by atoms with E-state index in [0.29, 0.717) is 0 Å². The Bertz CT molecular complexity index is 44.0. The molecule has 0 heterocycles. The van der Waals surface area contributed by atoms with E-state index >= 15 is 0 Å². The van der Waals surface area contributed by atoms with Gasteiger partial charge in [0.2, 0.25) is 0 Å². The molecule has 0 unspecified atom stereocenters. The maximum absolute atomic E-state index is 3.48. The highest BCUT2D eigenvalue weighted by atomic mass is 13.5. The van der Waals surface area contributed by atoms with Crippen LogP contribution in [0.3, 0.4) is 0 Å². The topological polar surface area (TPSA) is 0 Å². The molecule has 0 saturated carbocycles. The van der Waals surface area contributed by atoms with Crippen molar-refractivity contribution in [1.82, 2.24) is 0 Å². The molecule has 0 amide bonds. The first kappa shape index (κ1) is 16.2. The molecule has 0 aromatic carbocycles. The molecule has 0 aliphatic carbocycles. The first-order chi connectivity index (χ1) is 4.74. The van der Waals surface area contributed by atoms with E-state index in [1.165, 1.54) is 6.42 Å². The highest BCUT2D eigenvalue weighted by Gasteiger charge is 1.45. The van der Waals surface area contributed by atoms with Gasteiger partial charge >= 0.3 is 0 Å². The molecular formula is C10H22. The monoisotopic (exact) mass is 142 g/mol. The minimum Gasteiger partial charge on any atom is -0.103 e. The molecule has 0 rings (SSSR count). The second kappa shape index (κ2) is 39.2. The SMILES string of the molecule is C=CC.C=CCC.CCC. The van der Waals surface area contributed by atoms with Crippen molar-refractivity contribution in [2.24, 2.45) is 0 Å². The van der Waals surface area contributed by atoms with E-state index in [1.54, 1.807) is 6.08 Å². The summed E-state index contributed by atoms with van der Waals surface area (Å²) in [6.45, 7) is 15.0. The van der Waals surface area contributed by atoms with Crippen molar-refractivity contribution >= 4 is 0 Å². The number of hydrogen-bond acceptors (Lipinski definition) is 0. The lowest BCUT2D eigenvalue weighted by atomic mass is 10.5. The molecule has 0 nitrogen and oxygen atoms in total. The average Bonchev–Trinajstić information content (AvgIpc) is 1.91. The number of rotatable bonds is 1. The van der Waals surface area contributed by atoms with Crippen molar-refractivity contribution in [3.63, 3.8) is 0 Å². The molecule has 0 N–H and O–H groups in total. The van der Waals surface area contributed by atoms with Gasteiger partial charge in [0.1, 0.15) is 0 Å². The number of allylic oxidation sites excluding steroid dienone is 2. The lowest BCUT2D eigenvalue weighted by Crippen LogP contribution is -1.36. The molecule has 0 fully saturated rings. The van der Waals surface area contributed by atoms with E-state index in [-0.39, 0.29) is 0 Å². The Morgan fingerprint density at radius 3 is 1.20 bits per heavy atom. The fourth-order valence-corrected chi connectivity index (χ4v) is 0. The zero-order valence-electron chi connectivity index (χ0n) is 7.98. The zero-order chi connectivity index (χ0) is 8.83. The minimum atomic E-state index is 1.08. The maximum atomic E-state index is 3.48. The third-order valence-corrected chi connectivity index (χ3v) is 0.289. The van der Waals surface area contributed by atoms with Crippen molar-refractivity contribution in [3.8, 4) is 0 Å². The molecule has 0 spiro atoms. The van der Waals surface area contributed by atoms with Gasteiger partial charge in [-0.3, -0.25) is 0 Å². The van der Waals surface area contributed by atoms with Gasteiger partial charge in [0.05, 0.1) is 0 Å². The molecule has 0 atom stereocenters. The minimum absolute atomic E-state index is 1.08. The molecule has 0 bridgehead atoms. The molecule has 0 aromatic rings. The van der Waals surface area contributed by atoms with Crippen LogP contribution in [0.1, 0.15) is 40.5 Å². The summed E-state index contributed by atoms with van der Waals surface area (Å²) in [6, 6.07) is 0. The smallest absolute Gasteiger partial charge is 0.0382 e. The molecule has 0 saturated heterocycles. The van der Waals surface area contributed by atoms with Gasteiger partial charge in [0.15, 0.2) is 0 Å². The summed E-state index contributed by atoms with van der Waals surface area (Å²) < 4.78 is 0. The van der Waals surface area contributed by atoms with Crippen molar-refractivity contribution in [2.45, 2.75) is 40.5 Å². The Kier molecular flexibility index (Phi) is 63.6. The summed E-state index contributed by atoms with van der Waals surface area (Å²) in [7, 11) is 0. The fraction of sp³-hybridized carbons (Fsp3) is 0.600. The Morgan fingerprint density at radius 1 is 1.10 bits per heavy atom.